The average molecular weight is 321 g/mol. The highest BCUT2D eigenvalue weighted by molar-refractivity contribution is 5.84. The number of nitrogens with one attached hydrogen (secondary N) is 1. The van der Waals surface area contributed by atoms with E-state index >= 15 is 0 Å². The molecule has 23 heavy (non-hydrogen) atoms. The van der Waals surface area contributed by atoms with Crippen LogP contribution in [-0.2, 0) is 25.6 Å². The first-order valence-electron chi connectivity index (χ1n) is 7.62. The van der Waals surface area contributed by atoms with Crippen LogP contribution < -0.4 is 14.8 Å². The molecule has 1 fully saturated rings. The zero-order valence-electron chi connectivity index (χ0n) is 12.9. The van der Waals surface area contributed by atoms with Crippen LogP contribution in [0.4, 0.5) is 0 Å². The van der Waals surface area contributed by atoms with E-state index in [-0.39, 0.29) is 12.7 Å². The van der Waals surface area contributed by atoms with Gasteiger partial charge in [-0.3, -0.25) is 4.79 Å². The first kappa shape index (κ1) is 15.6. The van der Waals surface area contributed by atoms with Crippen LogP contribution in [0.5, 0.6) is 11.5 Å². The molecule has 0 aliphatic carbocycles. The lowest BCUT2D eigenvalue weighted by Gasteiger charge is -2.16. The minimum Gasteiger partial charge on any atom is -0.454 e. The van der Waals surface area contributed by atoms with Gasteiger partial charge in [-0.2, -0.15) is 0 Å². The van der Waals surface area contributed by atoms with Gasteiger partial charge in [0.2, 0.25) is 6.79 Å². The highest BCUT2D eigenvalue weighted by atomic mass is 16.7. The second-order valence-electron chi connectivity index (χ2n) is 5.49. The van der Waals surface area contributed by atoms with Gasteiger partial charge in [0, 0.05) is 13.2 Å². The Morgan fingerprint density at radius 2 is 2.17 bits per heavy atom. The van der Waals surface area contributed by atoms with E-state index in [1.807, 2.05) is 12.1 Å². The van der Waals surface area contributed by atoms with Gasteiger partial charge in [0.1, 0.15) is 0 Å². The van der Waals surface area contributed by atoms with Gasteiger partial charge in [-0.25, -0.2) is 4.79 Å². The molecule has 124 valence electrons. The van der Waals surface area contributed by atoms with Gasteiger partial charge < -0.3 is 24.3 Å². The third-order valence-electron chi connectivity index (χ3n) is 3.76. The van der Waals surface area contributed by atoms with Crippen molar-refractivity contribution in [2.75, 3.05) is 13.4 Å². The lowest BCUT2D eigenvalue weighted by atomic mass is 10.2. The molecule has 1 saturated heterocycles. The maximum Gasteiger partial charge on any atom is 0.336 e. The van der Waals surface area contributed by atoms with Crippen molar-refractivity contribution in [1.82, 2.24) is 5.32 Å². The zero-order chi connectivity index (χ0) is 16.2. The SMILES string of the molecule is C[C@@H](OC(=O)[C@H]1CCCO1)C(=O)NCc1ccc2c(c1)OCO2. The van der Waals surface area contributed by atoms with E-state index in [1.165, 1.54) is 0 Å². The minimum absolute atomic E-state index is 0.210. The lowest BCUT2D eigenvalue weighted by Crippen LogP contribution is -2.37. The van der Waals surface area contributed by atoms with E-state index in [4.69, 9.17) is 18.9 Å². The Hall–Kier alpha value is -2.28. The van der Waals surface area contributed by atoms with Gasteiger partial charge in [-0.1, -0.05) is 6.07 Å². The lowest BCUT2D eigenvalue weighted by molar-refractivity contribution is -0.163. The van der Waals surface area contributed by atoms with Crippen molar-refractivity contribution in [3.05, 3.63) is 23.8 Å². The third kappa shape index (κ3) is 3.73. The summed E-state index contributed by atoms with van der Waals surface area (Å²) in [5.41, 5.74) is 0.875. The summed E-state index contributed by atoms with van der Waals surface area (Å²) in [5.74, 6) is 0.524. The summed E-state index contributed by atoms with van der Waals surface area (Å²) in [6.07, 6.45) is 0.0780. The van der Waals surface area contributed by atoms with Crippen molar-refractivity contribution >= 4 is 11.9 Å². The highest BCUT2D eigenvalue weighted by Gasteiger charge is 2.28. The van der Waals surface area contributed by atoms with Crippen LogP contribution in [0.3, 0.4) is 0 Å². The van der Waals surface area contributed by atoms with Crippen molar-refractivity contribution in [2.45, 2.75) is 38.5 Å². The second-order valence-corrected chi connectivity index (χ2v) is 5.49. The summed E-state index contributed by atoms with van der Waals surface area (Å²) in [4.78, 5) is 23.8. The quantitative estimate of drug-likeness (QED) is 0.819. The molecule has 1 aromatic rings. The molecule has 0 unspecified atom stereocenters. The number of fused-ring (bicyclic) bond motifs is 1. The van der Waals surface area contributed by atoms with E-state index in [1.54, 1.807) is 13.0 Å². The predicted octanol–water partition coefficient (Wildman–Crippen LogP) is 1.14. The number of hydrogen-bond donors (Lipinski definition) is 1. The topological polar surface area (TPSA) is 83.1 Å². The third-order valence-corrected chi connectivity index (χ3v) is 3.76. The molecule has 2 aliphatic rings. The van der Waals surface area contributed by atoms with Gasteiger partial charge in [0.05, 0.1) is 0 Å². The molecular weight excluding hydrogens is 302 g/mol. The van der Waals surface area contributed by atoms with Crippen LogP contribution in [0.2, 0.25) is 0 Å². The van der Waals surface area contributed by atoms with E-state index in [2.05, 4.69) is 5.32 Å². The molecule has 7 heteroatoms. The fourth-order valence-electron chi connectivity index (χ4n) is 2.45. The van der Waals surface area contributed by atoms with E-state index in [9.17, 15) is 9.59 Å². The predicted molar refractivity (Wildman–Crippen MR) is 78.9 cm³/mol. The number of hydrogen-bond acceptors (Lipinski definition) is 6. The number of amides is 1. The molecule has 0 bridgehead atoms. The normalized spacial score (nSPS) is 20.1. The molecule has 7 nitrogen and oxygen atoms in total. The van der Waals surface area contributed by atoms with Gasteiger partial charge >= 0.3 is 5.97 Å². The first-order valence-corrected chi connectivity index (χ1v) is 7.62. The van der Waals surface area contributed by atoms with Crippen LogP contribution in [0, 0.1) is 0 Å². The first-order chi connectivity index (χ1) is 11.1. The molecule has 0 aromatic heterocycles. The number of benzene rings is 1. The van der Waals surface area contributed by atoms with E-state index < -0.39 is 18.2 Å². The largest absolute Gasteiger partial charge is 0.454 e. The number of esters is 1. The molecule has 0 radical (unpaired) electrons. The average Bonchev–Trinajstić information content (AvgIpc) is 3.22. The Morgan fingerprint density at radius 1 is 1.35 bits per heavy atom. The zero-order valence-corrected chi connectivity index (χ0v) is 12.9. The molecule has 1 amide bonds. The van der Waals surface area contributed by atoms with Gasteiger partial charge in [0.15, 0.2) is 23.7 Å². The maximum atomic E-state index is 12.0. The summed E-state index contributed by atoms with van der Waals surface area (Å²) in [7, 11) is 0. The van der Waals surface area contributed by atoms with Crippen LogP contribution in [0.1, 0.15) is 25.3 Å². The summed E-state index contributed by atoms with van der Waals surface area (Å²) in [6, 6.07) is 5.45. The molecule has 2 heterocycles. The Kier molecular flexibility index (Phi) is 4.66. The summed E-state index contributed by atoms with van der Waals surface area (Å²) < 4.78 is 20.9. The fraction of sp³-hybridized carbons (Fsp3) is 0.500. The van der Waals surface area contributed by atoms with Gasteiger partial charge in [-0.15, -0.1) is 0 Å². The van der Waals surface area contributed by atoms with Crippen LogP contribution in [0.15, 0.2) is 18.2 Å². The maximum absolute atomic E-state index is 12.0. The number of carbonyl (C=O) groups excluding carboxylic acids is 2. The van der Waals surface area contributed by atoms with Gasteiger partial charge in [0.25, 0.3) is 5.91 Å². The molecular formula is C16H19NO6. The second kappa shape index (κ2) is 6.87. The molecule has 1 aromatic carbocycles. The smallest absolute Gasteiger partial charge is 0.336 e. The van der Waals surface area contributed by atoms with Crippen LogP contribution in [-0.4, -0.2) is 37.5 Å². The van der Waals surface area contributed by atoms with E-state index in [0.717, 1.165) is 12.0 Å². The Balaban J connectivity index is 1.47. The molecule has 3 rings (SSSR count). The summed E-state index contributed by atoms with van der Waals surface area (Å²) in [5, 5.41) is 2.73. The minimum atomic E-state index is -0.860. The van der Waals surface area contributed by atoms with Crippen molar-refractivity contribution in [3.8, 4) is 11.5 Å². The Labute approximate surface area is 133 Å². The monoisotopic (exact) mass is 321 g/mol. The van der Waals surface area contributed by atoms with Crippen LogP contribution >= 0.6 is 0 Å². The number of rotatable bonds is 5. The van der Waals surface area contributed by atoms with Crippen molar-refractivity contribution in [1.29, 1.82) is 0 Å². The van der Waals surface area contributed by atoms with Crippen molar-refractivity contribution in [3.63, 3.8) is 0 Å². The van der Waals surface area contributed by atoms with Gasteiger partial charge in [-0.05, 0) is 37.5 Å². The van der Waals surface area contributed by atoms with Crippen molar-refractivity contribution < 1.29 is 28.5 Å². The summed E-state index contributed by atoms with van der Waals surface area (Å²) in [6.45, 7) is 2.63. The number of carbonyl (C=O) groups is 2. The Bertz CT molecular complexity index is 596. The molecule has 0 spiro atoms. The van der Waals surface area contributed by atoms with Crippen molar-refractivity contribution in [2.24, 2.45) is 0 Å². The molecule has 1 N–H and O–H groups in total. The molecule has 2 aliphatic heterocycles. The number of ether oxygens (including phenoxy) is 4. The molecule has 0 saturated carbocycles. The summed E-state index contributed by atoms with van der Waals surface area (Å²) >= 11 is 0. The highest BCUT2D eigenvalue weighted by Crippen LogP contribution is 2.32. The fourth-order valence-corrected chi connectivity index (χ4v) is 2.45. The standard InChI is InChI=1S/C16H19NO6/c1-10(23-16(19)13-3-2-6-20-13)15(18)17-8-11-4-5-12-14(7-11)22-9-21-12/h4-5,7,10,13H,2-3,6,8-9H2,1H3,(H,17,18)/t10-,13-/m1/s1. The van der Waals surface area contributed by atoms with E-state index in [0.29, 0.717) is 31.1 Å². The molecule has 2 atom stereocenters. The Morgan fingerprint density at radius 3 is 2.96 bits per heavy atom. The van der Waals surface area contributed by atoms with Crippen LogP contribution in [0.25, 0.3) is 0 Å².